The monoisotopic (exact) mass is 448 g/mol. The third-order valence-corrected chi connectivity index (χ3v) is 5.84. The van der Waals surface area contributed by atoms with Crippen LogP contribution in [0.4, 0.5) is 6.01 Å². The SMILES string of the molecule is Cc1ccn2ncc(-c3nnc(N[C@H]4N=C(c5ccccc5)c5ccccc5CC4=O)o3)c2c1. The minimum atomic E-state index is -0.859. The molecule has 1 aliphatic rings. The van der Waals surface area contributed by atoms with Crippen molar-refractivity contribution < 1.29 is 9.21 Å². The van der Waals surface area contributed by atoms with Gasteiger partial charge in [0.15, 0.2) is 11.9 Å². The van der Waals surface area contributed by atoms with Crippen LogP contribution in [-0.2, 0) is 11.2 Å². The predicted molar refractivity (Wildman–Crippen MR) is 128 cm³/mol. The lowest BCUT2D eigenvalue weighted by Crippen LogP contribution is -2.29. The van der Waals surface area contributed by atoms with Crippen LogP contribution in [0.5, 0.6) is 0 Å². The highest BCUT2D eigenvalue weighted by atomic mass is 16.4. The third-order valence-electron chi connectivity index (χ3n) is 5.84. The number of fused-ring (bicyclic) bond motifs is 2. The van der Waals surface area contributed by atoms with Crippen LogP contribution in [0, 0.1) is 6.92 Å². The number of aromatic nitrogens is 4. The lowest BCUT2D eigenvalue weighted by Gasteiger charge is -2.11. The molecule has 1 aliphatic heterocycles. The van der Waals surface area contributed by atoms with Crippen LogP contribution in [0.25, 0.3) is 17.0 Å². The van der Waals surface area contributed by atoms with E-state index in [1.54, 1.807) is 10.7 Å². The predicted octanol–water partition coefficient (Wildman–Crippen LogP) is 4.09. The average molecular weight is 448 g/mol. The Balaban J connectivity index is 1.36. The molecule has 0 spiro atoms. The van der Waals surface area contributed by atoms with Crippen LogP contribution >= 0.6 is 0 Å². The summed E-state index contributed by atoms with van der Waals surface area (Å²) in [6.45, 7) is 2.01. The van der Waals surface area contributed by atoms with Crippen molar-refractivity contribution in [3.05, 3.63) is 101 Å². The smallest absolute Gasteiger partial charge is 0.317 e. The summed E-state index contributed by atoms with van der Waals surface area (Å²) in [5, 5.41) is 15.7. The summed E-state index contributed by atoms with van der Waals surface area (Å²) >= 11 is 0. The van der Waals surface area contributed by atoms with Crippen molar-refractivity contribution in [3.8, 4) is 11.5 Å². The Morgan fingerprint density at radius 2 is 1.82 bits per heavy atom. The van der Waals surface area contributed by atoms with E-state index >= 15 is 0 Å². The molecule has 0 radical (unpaired) electrons. The number of aryl methyl sites for hydroxylation is 1. The fourth-order valence-electron chi connectivity index (χ4n) is 4.16. The number of aliphatic imine (C=N–C) groups is 1. The van der Waals surface area contributed by atoms with E-state index < -0.39 is 6.17 Å². The number of carbonyl (C=O) groups is 1. The van der Waals surface area contributed by atoms with Gasteiger partial charge in [0.1, 0.15) is 0 Å². The van der Waals surface area contributed by atoms with Crippen molar-refractivity contribution >= 4 is 23.0 Å². The molecule has 3 aromatic heterocycles. The Labute approximate surface area is 195 Å². The number of nitrogens with zero attached hydrogens (tertiary/aromatic N) is 5. The van der Waals surface area contributed by atoms with Crippen LogP contribution < -0.4 is 5.32 Å². The molecule has 8 nitrogen and oxygen atoms in total. The number of Topliss-reactive ketones (excluding diaryl/α,β-unsaturated/α-hetero) is 1. The quantitative estimate of drug-likeness (QED) is 0.445. The first kappa shape index (κ1) is 20.0. The molecule has 34 heavy (non-hydrogen) atoms. The lowest BCUT2D eigenvalue weighted by atomic mass is 9.96. The largest absolute Gasteiger partial charge is 0.403 e. The number of carbonyl (C=O) groups excluding carboxylic acids is 1. The van der Waals surface area contributed by atoms with Gasteiger partial charge < -0.3 is 9.73 Å². The standard InChI is InChI=1S/C26H20N6O2/c1-16-11-12-32-21(13-16)20(15-27-32)25-30-31-26(34-25)29-24-22(33)14-18-9-5-6-10-19(18)23(28-24)17-7-3-2-4-8-17/h2-13,15,24H,14H2,1H3,(H,29,31)/t24-/m1/s1. The van der Waals surface area contributed by atoms with Gasteiger partial charge in [-0.05, 0) is 30.2 Å². The molecule has 2 aromatic carbocycles. The molecule has 4 heterocycles. The number of anilines is 1. The Hall–Kier alpha value is -4.59. The summed E-state index contributed by atoms with van der Waals surface area (Å²) in [4.78, 5) is 17.9. The molecule has 1 atom stereocenters. The first-order chi connectivity index (χ1) is 16.7. The number of nitrogens with one attached hydrogen (secondary N) is 1. The summed E-state index contributed by atoms with van der Waals surface area (Å²) in [7, 11) is 0. The first-order valence-electron chi connectivity index (χ1n) is 10.9. The molecule has 0 amide bonds. The maximum atomic E-state index is 13.1. The van der Waals surface area contributed by atoms with Gasteiger partial charge in [-0.15, -0.1) is 5.10 Å². The molecule has 8 heteroatoms. The molecule has 0 bridgehead atoms. The summed E-state index contributed by atoms with van der Waals surface area (Å²) in [6.07, 6.45) is 2.96. The van der Waals surface area contributed by atoms with Gasteiger partial charge in [-0.3, -0.25) is 9.79 Å². The Kier molecular flexibility index (Phi) is 4.76. The van der Waals surface area contributed by atoms with E-state index in [1.807, 2.05) is 79.9 Å². The molecule has 0 saturated heterocycles. The van der Waals surface area contributed by atoms with E-state index in [2.05, 4.69) is 20.6 Å². The number of pyridine rings is 1. The van der Waals surface area contributed by atoms with Gasteiger partial charge in [0.2, 0.25) is 0 Å². The summed E-state index contributed by atoms with van der Waals surface area (Å²) < 4.78 is 7.63. The van der Waals surface area contributed by atoms with E-state index in [-0.39, 0.29) is 18.2 Å². The lowest BCUT2D eigenvalue weighted by molar-refractivity contribution is -0.119. The van der Waals surface area contributed by atoms with Gasteiger partial charge in [0.25, 0.3) is 5.89 Å². The zero-order valence-electron chi connectivity index (χ0n) is 18.3. The highest BCUT2D eigenvalue weighted by Crippen LogP contribution is 2.27. The van der Waals surface area contributed by atoms with Crippen molar-refractivity contribution in [2.75, 3.05) is 5.32 Å². The van der Waals surface area contributed by atoms with Crippen molar-refractivity contribution in [2.24, 2.45) is 4.99 Å². The molecule has 0 aliphatic carbocycles. The van der Waals surface area contributed by atoms with Crippen molar-refractivity contribution in [1.82, 2.24) is 19.8 Å². The molecular weight excluding hydrogens is 428 g/mol. The van der Waals surface area contributed by atoms with Crippen LogP contribution in [0.1, 0.15) is 22.3 Å². The van der Waals surface area contributed by atoms with Crippen LogP contribution in [-0.4, -0.2) is 37.5 Å². The molecule has 1 N–H and O–H groups in total. The Morgan fingerprint density at radius 1 is 1.00 bits per heavy atom. The van der Waals surface area contributed by atoms with E-state index in [9.17, 15) is 4.79 Å². The van der Waals surface area contributed by atoms with E-state index in [0.717, 1.165) is 39.0 Å². The second-order valence-electron chi connectivity index (χ2n) is 8.20. The van der Waals surface area contributed by atoms with Crippen molar-refractivity contribution in [3.63, 3.8) is 0 Å². The van der Waals surface area contributed by atoms with Crippen molar-refractivity contribution in [2.45, 2.75) is 19.5 Å². The highest BCUT2D eigenvalue weighted by Gasteiger charge is 2.27. The fourth-order valence-corrected chi connectivity index (χ4v) is 4.16. The number of rotatable bonds is 4. The number of hydrogen-bond donors (Lipinski definition) is 1. The van der Waals surface area contributed by atoms with Crippen LogP contribution in [0.2, 0.25) is 0 Å². The maximum Gasteiger partial charge on any atom is 0.317 e. The third kappa shape index (κ3) is 3.55. The summed E-state index contributed by atoms with van der Waals surface area (Å²) in [5.41, 5.74) is 6.24. The highest BCUT2D eigenvalue weighted by molar-refractivity contribution is 6.16. The Bertz CT molecular complexity index is 1550. The zero-order chi connectivity index (χ0) is 23.1. The second-order valence-corrected chi connectivity index (χ2v) is 8.20. The summed E-state index contributed by atoms with van der Waals surface area (Å²) in [5.74, 6) is 0.240. The molecule has 0 saturated carbocycles. The van der Waals surface area contributed by atoms with Gasteiger partial charge in [-0.25, -0.2) is 4.52 Å². The van der Waals surface area contributed by atoms with Crippen LogP contribution in [0.3, 0.4) is 0 Å². The molecule has 5 aromatic rings. The number of ketones is 1. The summed E-state index contributed by atoms with van der Waals surface area (Å²) in [6, 6.07) is 21.8. The molecule has 166 valence electrons. The molecular formula is C26H20N6O2. The molecule has 0 fully saturated rings. The van der Waals surface area contributed by atoms with E-state index in [4.69, 9.17) is 9.41 Å². The molecule has 6 rings (SSSR count). The maximum absolute atomic E-state index is 13.1. The zero-order valence-corrected chi connectivity index (χ0v) is 18.3. The fraction of sp³-hybridized carbons (Fsp3) is 0.115. The first-order valence-corrected chi connectivity index (χ1v) is 10.9. The average Bonchev–Trinajstić information content (AvgIpc) is 3.46. The van der Waals surface area contributed by atoms with Gasteiger partial charge in [-0.1, -0.05) is 59.7 Å². The number of hydrogen-bond acceptors (Lipinski definition) is 7. The van der Waals surface area contributed by atoms with Gasteiger partial charge in [0, 0.05) is 23.7 Å². The van der Waals surface area contributed by atoms with Gasteiger partial charge >= 0.3 is 6.01 Å². The second kappa shape index (κ2) is 8.08. The Morgan fingerprint density at radius 3 is 2.71 bits per heavy atom. The van der Waals surface area contributed by atoms with Crippen molar-refractivity contribution in [1.29, 1.82) is 0 Å². The van der Waals surface area contributed by atoms with E-state index in [0.29, 0.717) is 5.89 Å². The van der Waals surface area contributed by atoms with Gasteiger partial charge in [0.05, 0.1) is 23.0 Å². The topological polar surface area (TPSA) is 97.7 Å². The van der Waals surface area contributed by atoms with Gasteiger partial charge in [-0.2, -0.15) is 5.10 Å². The normalized spacial score (nSPS) is 15.6. The van der Waals surface area contributed by atoms with E-state index in [1.165, 1.54) is 0 Å². The minimum absolute atomic E-state index is 0.0789. The van der Waals surface area contributed by atoms with Crippen LogP contribution in [0.15, 0.2) is 88.5 Å². The minimum Gasteiger partial charge on any atom is -0.403 e. The molecule has 0 unspecified atom stereocenters. The number of benzene rings is 2.